The lowest BCUT2D eigenvalue weighted by Gasteiger charge is -2.11. The van der Waals surface area contributed by atoms with Crippen LogP contribution in [0.4, 0.5) is 10.1 Å². The Bertz CT molecular complexity index is 437. The minimum absolute atomic E-state index is 0. The van der Waals surface area contributed by atoms with Crippen molar-refractivity contribution < 1.29 is 9.31 Å². The van der Waals surface area contributed by atoms with Gasteiger partial charge in [0.25, 0.3) is 0 Å². The van der Waals surface area contributed by atoms with E-state index >= 15 is 0 Å². The molecule has 0 amide bonds. The molecule has 0 radical (unpaired) electrons. The molecule has 0 bridgehead atoms. The van der Waals surface area contributed by atoms with Crippen molar-refractivity contribution in [1.82, 2.24) is 0 Å². The average molecular weight is 261 g/mol. The van der Waals surface area contributed by atoms with Crippen LogP contribution in [-0.4, -0.2) is 4.92 Å². The van der Waals surface area contributed by atoms with Crippen molar-refractivity contribution in [3.8, 4) is 0 Å². The van der Waals surface area contributed by atoms with Gasteiger partial charge in [0, 0.05) is 12.1 Å². The van der Waals surface area contributed by atoms with Gasteiger partial charge in [-0.2, -0.15) is 4.39 Å². The highest BCUT2D eigenvalue weighted by Gasteiger charge is 2.16. The second kappa shape index (κ2) is 6.32. The molecule has 0 aromatic heterocycles. The molecule has 1 rings (SSSR count). The SMILES string of the molecule is C=C(C)C[C@@H](N)c1ccc(F)c([N+](=O)[O-])c1.Cl. The molecule has 17 heavy (non-hydrogen) atoms. The Morgan fingerprint density at radius 3 is 2.71 bits per heavy atom. The fourth-order valence-corrected chi connectivity index (χ4v) is 1.39. The summed E-state index contributed by atoms with van der Waals surface area (Å²) in [5, 5.41) is 10.5. The maximum absolute atomic E-state index is 13.0. The Labute approximate surface area is 105 Å². The van der Waals surface area contributed by atoms with E-state index in [2.05, 4.69) is 6.58 Å². The topological polar surface area (TPSA) is 69.2 Å². The summed E-state index contributed by atoms with van der Waals surface area (Å²) < 4.78 is 13.0. The van der Waals surface area contributed by atoms with Gasteiger partial charge in [0.05, 0.1) is 4.92 Å². The van der Waals surface area contributed by atoms with Crippen LogP contribution in [0.25, 0.3) is 0 Å². The molecule has 1 aromatic rings. The van der Waals surface area contributed by atoms with Crippen LogP contribution < -0.4 is 5.73 Å². The highest BCUT2D eigenvalue weighted by molar-refractivity contribution is 5.85. The van der Waals surface area contributed by atoms with Gasteiger partial charge < -0.3 is 5.73 Å². The predicted molar refractivity (Wildman–Crippen MR) is 66.7 cm³/mol. The molecule has 4 nitrogen and oxygen atoms in total. The number of nitrogens with two attached hydrogens (primary N) is 1. The van der Waals surface area contributed by atoms with Crippen molar-refractivity contribution in [3.63, 3.8) is 0 Å². The van der Waals surface area contributed by atoms with Crippen molar-refractivity contribution in [3.05, 3.63) is 51.8 Å². The molecule has 94 valence electrons. The van der Waals surface area contributed by atoms with Crippen molar-refractivity contribution in [2.45, 2.75) is 19.4 Å². The van der Waals surface area contributed by atoms with Gasteiger partial charge in [-0.25, -0.2) is 0 Å². The summed E-state index contributed by atoms with van der Waals surface area (Å²) in [4.78, 5) is 9.77. The lowest BCUT2D eigenvalue weighted by Crippen LogP contribution is -2.11. The van der Waals surface area contributed by atoms with Gasteiger partial charge in [-0.15, -0.1) is 19.0 Å². The van der Waals surface area contributed by atoms with Crippen molar-refractivity contribution in [2.75, 3.05) is 0 Å². The Morgan fingerprint density at radius 2 is 2.24 bits per heavy atom. The maximum Gasteiger partial charge on any atom is 0.305 e. The average Bonchev–Trinajstić information content (AvgIpc) is 2.16. The van der Waals surface area contributed by atoms with Crippen LogP contribution in [0.3, 0.4) is 0 Å². The van der Waals surface area contributed by atoms with Gasteiger partial charge in [-0.1, -0.05) is 11.6 Å². The highest BCUT2D eigenvalue weighted by Crippen LogP contribution is 2.24. The Hall–Kier alpha value is -1.46. The molecule has 0 unspecified atom stereocenters. The highest BCUT2D eigenvalue weighted by atomic mass is 35.5. The molecule has 0 saturated carbocycles. The third kappa shape index (κ3) is 4.13. The molecule has 2 N–H and O–H groups in total. The van der Waals surface area contributed by atoms with E-state index < -0.39 is 22.5 Å². The summed E-state index contributed by atoms with van der Waals surface area (Å²) in [7, 11) is 0. The fraction of sp³-hybridized carbons (Fsp3) is 0.273. The molecule has 0 spiro atoms. The summed E-state index contributed by atoms with van der Waals surface area (Å²) in [6.07, 6.45) is 0.517. The van der Waals surface area contributed by atoms with E-state index in [1.807, 2.05) is 6.92 Å². The van der Waals surface area contributed by atoms with Crippen LogP contribution in [0.2, 0.25) is 0 Å². The van der Waals surface area contributed by atoms with Crippen molar-refractivity contribution in [1.29, 1.82) is 0 Å². The summed E-state index contributed by atoms with van der Waals surface area (Å²) in [6.45, 7) is 5.53. The number of nitro benzene ring substituents is 1. The monoisotopic (exact) mass is 260 g/mol. The van der Waals surface area contributed by atoms with Crippen LogP contribution in [0.1, 0.15) is 24.9 Å². The molecule has 0 fully saturated rings. The number of rotatable bonds is 4. The lowest BCUT2D eigenvalue weighted by molar-refractivity contribution is -0.387. The minimum Gasteiger partial charge on any atom is -0.324 e. The Morgan fingerprint density at radius 1 is 1.65 bits per heavy atom. The molecule has 0 aliphatic rings. The molecule has 0 saturated heterocycles. The van der Waals surface area contributed by atoms with Crippen molar-refractivity contribution >= 4 is 18.1 Å². The zero-order chi connectivity index (χ0) is 12.3. The number of hydrogen-bond donors (Lipinski definition) is 1. The molecule has 1 atom stereocenters. The van der Waals surface area contributed by atoms with E-state index in [-0.39, 0.29) is 12.4 Å². The molecular weight excluding hydrogens is 247 g/mol. The van der Waals surface area contributed by atoms with Gasteiger partial charge in [0.2, 0.25) is 5.82 Å². The molecule has 0 aliphatic heterocycles. The number of halogens is 2. The van der Waals surface area contributed by atoms with Gasteiger partial charge in [-0.3, -0.25) is 10.1 Å². The fourth-order valence-electron chi connectivity index (χ4n) is 1.39. The van der Waals surface area contributed by atoms with E-state index in [1.54, 1.807) is 0 Å². The molecule has 0 aliphatic carbocycles. The maximum atomic E-state index is 13.0. The van der Waals surface area contributed by atoms with Crippen LogP contribution in [0.5, 0.6) is 0 Å². The first-order valence-corrected chi connectivity index (χ1v) is 4.75. The predicted octanol–water partition coefficient (Wildman–Crippen LogP) is 3.12. The van der Waals surface area contributed by atoms with Gasteiger partial charge in [-0.05, 0) is 25.0 Å². The lowest BCUT2D eigenvalue weighted by atomic mass is 10.0. The van der Waals surface area contributed by atoms with Crippen LogP contribution in [0, 0.1) is 15.9 Å². The van der Waals surface area contributed by atoms with E-state index in [0.29, 0.717) is 12.0 Å². The summed E-state index contributed by atoms with van der Waals surface area (Å²) in [5.41, 5.74) is 6.68. The first kappa shape index (κ1) is 15.5. The summed E-state index contributed by atoms with van der Waals surface area (Å²) in [5.74, 6) is -0.851. The van der Waals surface area contributed by atoms with Gasteiger partial charge in [0.1, 0.15) is 0 Å². The standard InChI is InChI=1S/C11H13FN2O2.ClH/c1-7(2)5-10(13)8-3-4-9(12)11(6-8)14(15)16;/h3-4,6,10H,1,5,13H2,2H3;1H/t10-;/m1./s1. The molecule has 0 heterocycles. The third-order valence-corrected chi connectivity index (χ3v) is 2.16. The minimum atomic E-state index is -0.851. The Kier molecular flexibility index (Phi) is 5.78. The quantitative estimate of drug-likeness (QED) is 0.514. The largest absolute Gasteiger partial charge is 0.324 e. The van der Waals surface area contributed by atoms with Crippen LogP contribution in [-0.2, 0) is 0 Å². The zero-order valence-electron chi connectivity index (χ0n) is 9.35. The van der Waals surface area contributed by atoms with Crippen molar-refractivity contribution in [2.24, 2.45) is 5.73 Å². The smallest absolute Gasteiger partial charge is 0.305 e. The molecule has 1 aromatic carbocycles. The third-order valence-electron chi connectivity index (χ3n) is 2.16. The number of nitrogens with zero attached hydrogens (tertiary/aromatic N) is 1. The van der Waals surface area contributed by atoms with Gasteiger partial charge in [0.15, 0.2) is 0 Å². The zero-order valence-corrected chi connectivity index (χ0v) is 10.2. The first-order valence-electron chi connectivity index (χ1n) is 4.75. The summed E-state index contributed by atoms with van der Waals surface area (Å²) in [6, 6.07) is 3.29. The number of hydrogen-bond acceptors (Lipinski definition) is 3. The second-order valence-corrected chi connectivity index (χ2v) is 3.74. The van der Waals surface area contributed by atoms with Crippen LogP contribution in [0.15, 0.2) is 30.4 Å². The van der Waals surface area contributed by atoms with E-state index in [1.165, 1.54) is 12.1 Å². The Balaban J connectivity index is 0.00000256. The second-order valence-electron chi connectivity index (χ2n) is 3.74. The molecule has 6 heteroatoms. The molecular formula is C11H14ClFN2O2. The first-order chi connectivity index (χ1) is 7.41. The normalized spacial score (nSPS) is 11.5. The van der Waals surface area contributed by atoms with Crippen LogP contribution >= 0.6 is 12.4 Å². The summed E-state index contributed by atoms with van der Waals surface area (Å²) >= 11 is 0. The number of benzene rings is 1. The number of nitro groups is 1. The van der Waals surface area contributed by atoms with E-state index in [4.69, 9.17) is 5.73 Å². The van der Waals surface area contributed by atoms with E-state index in [9.17, 15) is 14.5 Å². The van der Waals surface area contributed by atoms with Gasteiger partial charge >= 0.3 is 5.69 Å². The van der Waals surface area contributed by atoms with E-state index in [0.717, 1.165) is 11.6 Å².